The number of H-pyrrole nitrogens is 1. The zero-order valence-electron chi connectivity index (χ0n) is 16.8. The summed E-state index contributed by atoms with van der Waals surface area (Å²) in [7, 11) is 1.52. The van der Waals surface area contributed by atoms with Gasteiger partial charge in [-0.3, -0.25) is 14.7 Å². The minimum atomic E-state index is -0.159. The van der Waals surface area contributed by atoms with Gasteiger partial charge in [0.15, 0.2) is 5.69 Å². The molecule has 0 spiro atoms. The Balaban J connectivity index is 1.36. The zero-order valence-corrected chi connectivity index (χ0v) is 17.5. The smallest absolute Gasteiger partial charge is 0.274 e. The van der Waals surface area contributed by atoms with Gasteiger partial charge in [-0.15, -0.1) is 0 Å². The summed E-state index contributed by atoms with van der Waals surface area (Å²) in [6.07, 6.45) is 3.78. The molecule has 160 valence electrons. The van der Waals surface area contributed by atoms with E-state index in [0.717, 1.165) is 19.5 Å². The van der Waals surface area contributed by atoms with Crippen LogP contribution in [0.1, 0.15) is 29.8 Å². The Hall–Kier alpha value is -2.65. The van der Waals surface area contributed by atoms with Gasteiger partial charge in [0, 0.05) is 43.2 Å². The van der Waals surface area contributed by atoms with E-state index in [2.05, 4.69) is 25.8 Å². The van der Waals surface area contributed by atoms with Crippen LogP contribution < -0.4 is 15.4 Å². The van der Waals surface area contributed by atoms with Crippen LogP contribution in [0.25, 0.3) is 11.3 Å². The third kappa shape index (κ3) is 4.41. The molecule has 2 saturated heterocycles. The lowest BCUT2D eigenvalue weighted by molar-refractivity contribution is -0.126. The standard InChI is InChI=1S/C20H25ClN6O3/c1-30-18-8-14(15(21)11-23-18)16-9-17(26-25-16)20(29)27-6-3-12(4-7-27)19(28)24-13-2-5-22-10-13/h8-9,11-13,22H,2-7,10H2,1H3,(H,24,28)(H,25,26). The number of likely N-dealkylation sites (tertiary alicyclic amines) is 1. The fourth-order valence-electron chi connectivity index (χ4n) is 3.91. The maximum Gasteiger partial charge on any atom is 0.274 e. The van der Waals surface area contributed by atoms with Gasteiger partial charge in [-0.25, -0.2) is 4.98 Å². The summed E-state index contributed by atoms with van der Waals surface area (Å²) < 4.78 is 5.14. The van der Waals surface area contributed by atoms with E-state index in [0.29, 0.717) is 53.8 Å². The molecule has 0 radical (unpaired) electrons. The number of halogens is 1. The quantitative estimate of drug-likeness (QED) is 0.659. The van der Waals surface area contributed by atoms with Crippen LogP contribution in [0.3, 0.4) is 0 Å². The summed E-state index contributed by atoms with van der Waals surface area (Å²) in [6, 6.07) is 3.58. The SMILES string of the molecule is COc1cc(-c2cc(C(=O)N3CCC(C(=O)NC4CCNC4)CC3)n[nH]2)c(Cl)cn1. The van der Waals surface area contributed by atoms with Crippen LogP contribution in [0, 0.1) is 5.92 Å². The van der Waals surface area contributed by atoms with Crippen molar-refractivity contribution in [2.75, 3.05) is 33.3 Å². The molecule has 1 atom stereocenters. The molecular weight excluding hydrogens is 408 g/mol. The highest BCUT2D eigenvalue weighted by Gasteiger charge is 2.30. The van der Waals surface area contributed by atoms with Gasteiger partial charge in [-0.2, -0.15) is 5.10 Å². The number of rotatable bonds is 5. The minimum absolute atomic E-state index is 0.0486. The first-order valence-corrected chi connectivity index (χ1v) is 10.5. The predicted octanol–water partition coefficient (Wildman–Crippen LogP) is 1.46. The van der Waals surface area contributed by atoms with Crippen molar-refractivity contribution in [1.82, 2.24) is 30.7 Å². The van der Waals surface area contributed by atoms with Crippen molar-refractivity contribution in [2.24, 2.45) is 5.92 Å². The van der Waals surface area contributed by atoms with Crippen molar-refractivity contribution >= 4 is 23.4 Å². The van der Waals surface area contributed by atoms with Crippen LogP contribution in [-0.4, -0.2) is 71.2 Å². The minimum Gasteiger partial charge on any atom is -0.481 e. The highest BCUT2D eigenvalue weighted by Crippen LogP contribution is 2.29. The molecule has 0 aromatic carbocycles. The number of ether oxygens (including phenoxy) is 1. The second kappa shape index (κ2) is 9.01. The lowest BCUT2D eigenvalue weighted by atomic mass is 9.95. The molecule has 2 aliphatic rings. The highest BCUT2D eigenvalue weighted by molar-refractivity contribution is 6.33. The molecule has 2 amide bonds. The van der Waals surface area contributed by atoms with E-state index in [4.69, 9.17) is 16.3 Å². The summed E-state index contributed by atoms with van der Waals surface area (Å²) in [5, 5.41) is 13.8. The molecule has 2 aliphatic heterocycles. The van der Waals surface area contributed by atoms with E-state index < -0.39 is 0 Å². The summed E-state index contributed by atoms with van der Waals surface area (Å²) in [4.78, 5) is 31.1. The Kier molecular flexibility index (Phi) is 6.19. The number of methoxy groups -OCH3 is 1. The zero-order chi connectivity index (χ0) is 21.1. The van der Waals surface area contributed by atoms with Gasteiger partial charge >= 0.3 is 0 Å². The van der Waals surface area contributed by atoms with Crippen molar-refractivity contribution in [3.63, 3.8) is 0 Å². The lowest BCUT2D eigenvalue weighted by Crippen LogP contribution is -2.45. The van der Waals surface area contributed by atoms with Crippen molar-refractivity contribution in [1.29, 1.82) is 0 Å². The number of pyridine rings is 1. The van der Waals surface area contributed by atoms with Gasteiger partial charge in [-0.1, -0.05) is 11.6 Å². The third-order valence-corrected chi connectivity index (χ3v) is 5.99. The molecule has 4 heterocycles. The number of nitrogens with zero attached hydrogens (tertiary/aromatic N) is 3. The van der Waals surface area contributed by atoms with Gasteiger partial charge < -0.3 is 20.3 Å². The predicted molar refractivity (Wildman–Crippen MR) is 111 cm³/mol. The summed E-state index contributed by atoms with van der Waals surface area (Å²) in [5.41, 5.74) is 1.59. The Morgan fingerprint density at radius 1 is 1.27 bits per heavy atom. The monoisotopic (exact) mass is 432 g/mol. The topological polar surface area (TPSA) is 112 Å². The van der Waals surface area contributed by atoms with Gasteiger partial charge in [0.05, 0.1) is 24.0 Å². The largest absolute Gasteiger partial charge is 0.481 e. The van der Waals surface area contributed by atoms with E-state index in [1.54, 1.807) is 17.0 Å². The molecule has 4 rings (SSSR count). The Bertz CT molecular complexity index is 919. The molecule has 1 unspecified atom stereocenters. The fourth-order valence-corrected chi connectivity index (χ4v) is 4.12. The first-order valence-electron chi connectivity index (χ1n) is 10.1. The number of carbonyl (C=O) groups is 2. The molecule has 10 heteroatoms. The second-order valence-electron chi connectivity index (χ2n) is 7.64. The van der Waals surface area contributed by atoms with Crippen molar-refractivity contribution in [2.45, 2.75) is 25.3 Å². The summed E-state index contributed by atoms with van der Waals surface area (Å²) in [5.74, 6) is 0.311. The van der Waals surface area contributed by atoms with Crippen LogP contribution in [0.5, 0.6) is 5.88 Å². The number of nitrogens with one attached hydrogen (secondary N) is 3. The first-order chi connectivity index (χ1) is 14.5. The normalized spacial score (nSPS) is 19.7. The molecule has 3 N–H and O–H groups in total. The van der Waals surface area contributed by atoms with Crippen LogP contribution in [0.4, 0.5) is 0 Å². The number of hydrogen-bond donors (Lipinski definition) is 3. The Labute approximate surface area is 179 Å². The second-order valence-corrected chi connectivity index (χ2v) is 8.05. The van der Waals surface area contributed by atoms with Gasteiger partial charge in [0.25, 0.3) is 5.91 Å². The van der Waals surface area contributed by atoms with E-state index in [-0.39, 0.29) is 23.8 Å². The fraction of sp³-hybridized carbons (Fsp3) is 0.500. The number of piperidine rings is 1. The van der Waals surface area contributed by atoms with Crippen LogP contribution in [0.15, 0.2) is 18.3 Å². The van der Waals surface area contributed by atoms with Crippen LogP contribution >= 0.6 is 11.6 Å². The van der Waals surface area contributed by atoms with Crippen molar-refractivity contribution in [3.8, 4) is 17.1 Å². The molecule has 0 bridgehead atoms. The number of amides is 2. The molecular formula is C20H25ClN6O3. The van der Waals surface area contributed by atoms with Gasteiger partial charge in [0.2, 0.25) is 11.8 Å². The molecule has 9 nitrogen and oxygen atoms in total. The van der Waals surface area contributed by atoms with Gasteiger partial charge in [-0.05, 0) is 31.9 Å². The Morgan fingerprint density at radius 2 is 2.07 bits per heavy atom. The average molecular weight is 433 g/mol. The third-order valence-electron chi connectivity index (χ3n) is 5.69. The average Bonchev–Trinajstić information content (AvgIpc) is 3.46. The van der Waals surface area contributed by atoms with Gasteiger partial charge in [0.1, 0.15) is 0 Å². The van der Waals surface area contributed by atoms with Crippen molar-refractivity contribution < 1.29 is 14.3 Å². The summed E-state index contributed by atoms with van der Waals surface area (Å²) in [6.45, 7) is 2.84. The van der Waals surface area contributed by atoms with Crippen LogP contribution in [0.2, 0.25) is 5.02 Å². The van der Waals surface area contributed by atoms with Crippen molar-refractivity contribution in [3.05, 3.63) is 29.0 Å². The number of aromatic nitrogens is 3. The van der Waals surface area contributed by atoms with Crippen LogP contribution in [-0.2, 0) is 4.79 Å². The molecule has 0 saturated carbocycles. The maximum atomic E-state index is 12.9. The van der Waals surface area contributed by atoms with E-state index in [9.17, 15) is 9.59 Å². The molecule has 2 fully saturated rings. The molecule has 2 aromatic rings. The van der Waals surface area contributed by atoms with E-state index in [1.807, 2.05) is 0 Å². The lowest BCUT2D eigenvalue weighted by Gasteiger charge is -2.31. The number of carbonyl (C=O) groups excluding carboxylic acids is 2. The number of aromatic amines is 1. The maximum absolute atomic E-state index is 12.9. The first kappa shape index (κ1) is 20.6. The Morgan fingerprint density at radius 3 is 2.77 bits per heavy atom. The molecule has 30 heavy (non-hydrogen) atoms. The van der Waals surface area contributed by atoms with E-state index in [1.165, 1.54) is 13.3 Å². The highest BCUT2D eigenvalue weighted by atomic mass is 35.5. The molecule has 2 aromatic heterocycles. The summed E-state index contributed by atoms with van der Waals surface area (Å²) >= 11 is 6.23. The van der Waals surface area contributed by atoms with E-state index >= 15 is 0 Å². The molecule has 0 aliphatic carbocycles. The number of hydrogen-bond acceptors (Lipinski definition) is 6.